The molecule has 1 radical (unpaired) electrons. The van der Waals surface area contributed by atoms with E-state index in [4.69, 9.17) is 0 Å². The second kappa shape index (κ2) is 11.7. The summed E-state index contributed by atoms with van der Waals surface area (Å²) >= 11 is 0. The van der Waals surface area contributed by atoms with Gasteiger partial charge in [-0.15, -0.1) is 6.92 Å². The number of unbranched alkanes of at least 4 members (excludes halogenated alkanes) is 1. The van der Waals surface area contributed by atoms with Crippen molar-refractivity contribution in [2.75, 3.05) is 0 Å². The zero-order valence-corrected chi connectivity index (χ0v) is 22.8. The predicted octanol–water partition coefficient (Wildman–Crippen LogP) is 7.65. The molecule has 1 aromatic carbocycles. The fraction of sp³-hybridized carbons (Fsp3) is 0.538. The molecule has 0 nitrogen and oxygen atoms in total. The maximum absolute atomic E-state index is 3.96. The monoisotopic (exact) mass is 431 g/mol. The number of benzene rings is 1. The van der Waals surface area contributed by atoms with Gasteiger partial charge in [-0.25, -0.2) is 5.57 Å². The SMILES string of the molecule is CCCC[Si](C)(c1cc(CC)cc(CC)c1)C1(C)[C-]=C(C)C(C)=C1C.[CH3-].[CH3-].[Ti+3]. The first-order chi connectivity index (χ1) is 11.7. The van der Waals surface area contributed by atoms with E-state index in [0.29, 0.717) is 0 Å². The number of allylic oxidation sites excluding steroid dienone is 4. The molecule has 2 unspecified atom stereocenters. The molecule has 0 bridgehead atoms. The van der Waals surface area contributed by atoms with Crippen molar-refractivity contribution < 1.29 is 21.7 Å². The van der Waals surface area contributed by atoms with Gasteiger partial charge in [0.1, 0.15) is 0 Å². The molecule has 2 heteroatoms. The van der Waals surface area contributed by atoms with E-state index in [-0.39, 0.29) is 41.6 Å². The van der Waals surface area contributed by atoms with Gasteiger partial charge in [0.05, 0.1) is 8.07 Å². The third-order valence-electron chi connectivity index (χ3n) is 6.95. The molecule has 28 heavy (non-hydrogen) atoms. The summed E-state index contributed by atoms with van der Waals surface area (Å²) in [5, 5.41) is 1.77. The Morgan fingerprint density at radius 3 is 1.79 bits per heavy atom. The standard InChI is InChI=1S/C24H37Si.2CH3.Ti/c1-9-12-13-25(8,24(7)17-18(4)19(5)20(24)6)23-15-21(10-2)14-22(11-3)16-23;;;/h14-16H,9-13H2,1-8H3;2*1H3;/q3*-1;+3. The Labute approximate surface area is 193 Å². The molecular formula is C26H43SiTi. The number of hydrogen-bond acceptors (Lipinski definition) is 0. The summed E-state index contributed by atoms with van der Waals surface area (Å²) in [4.78, 5) is 0. The quantitative estimate of drug-likeness (QED) is 0.307. The van der Waals surface area contributed by atoms with Crippen molar-refractivity contribution in [3.8, 4) is 0 Å². The van der Waals surface area contributed by atoms with Crippen LogP contribution in [0.4, 0.5) is 0 Å². The van der Waals surface area contributed by atoms with Crippen molar-refractivity contribution in [3.63, 3.8) is 0 Å². The molecule has 1 aliphatic carbocycles. The second-order valence-corrected chi connectivity index (χ2v) is 13.0. The summed E-state index contributed by atoms with van der Waals surface area (Å²) in [5.74, 6) is 0. The van der Waals surface area contributed by atoms with Crippen LogP contribution >= 0.6 is 0 Å². The molecule has 155 valence electrons. The number of aryl methyl sites for hydroxylation is 2. The molecule has 1 aromatic rings. The molecule has 0 spiro atoms. The van der Waals surface area contributed by atoms with Crippen molar-refractivity contribution >= 4 is 13.3 Å². The smallest absolute Gasteiger partial charge is 0.358 e. The average molecular weight is 432 g/mol. The van der Waals surface area contributed by atoms with Gasteiger partial charge in [-0.2, -0.15) is 11.1 Å². The molecule has 0 fully saturated rings. The van der Waals surface area contributed by atoms with E-state index in [0.717, 1.165) is 12.8 Å². The third kappa shape index (κ3) is 5.21. The van der Waals surface area contributed by atoms with E-state index in [2.05, 4.69) is 79.3 Å². The van der Waals surface area contributed by atoms with Crippen molar-refractivity contribution in [2.24, 2.45) is 0 Å². The van der Waals surface area contributed by atoms with Crippen LogP contribution in [0.3, 0.4) is 0 Å². The van der Waals surface area contributed by atoms with E-state index in [1.54, 1.807) is 10.8 Å². The summed E-state index contributed by atoms with van der Waals surface area (Å²) in [7, 11) is -1.77. The Hall–Kier alpha value is -0.369. The van der Waals surface area contributed by atoms with Crippen molar-refractivity contribution in [3.05, 3.63) is 67.0 Å². The number of rotatable bonds is 7. The third-order valence-corrected chi connectivity index (χ3v) is 12.6. The Kier molecular flexibility index (Phi) is 12.5. The van der Waals surface area contributed by atoms with Crippen LogP contribution in [0.1, 0.15) is 72.4 Å². The van der Waals surface area contributed by atoms with Crippen LogP contribution in [0, 0.1) is 20.9 Å². The Balaban J connectivity index is 0. The molecule has 0 heterocycles. The van der Waals surface area contributed by atoms with Crippen LogP contribution < -0.4 is 5.19 Å². The predicted molar refractivity (Wildman–Crippen MR) is 128 cm³/mol. The molecule has 0 N–H and O–H groups in total. The summed E-state index contributed by atoms with van der Waals surface area (Å²) in [5.41, 5.74) is 7.42. The largest absolute Gasteiger partial charge is 3.00 e. The molecule has 0 aliphatic heterocycles. The number of hydrogen-bond donors (Lipinski definition) is 0. The fourth-order valence-corrected chi connectivity index (χ4v) is 9.39. The van der Waals surface area contributed by atoms with E-state index < -0.39 is 8.07 Å². The van der Waals surface area contributed by atoms with Crippen LogP contribution in [0.2, 0.25) is 17.6 Å². The second-order valence-electron chi connectivity index (χ2n) is 8.31. The minimum atomic E-state index is -1.77. The van der Waals surface area contributed by atoms with Crippen molar-refractivity contribution in [1.29, 1.82) is 0 Å². The topological polar surface area (TPSA) is 0 Å². The Morgan fingerprint density at radius 2 is 1.43 bits per heavy atom. The zero-order valence-electron chi connectivity index (χ0n) is 20.3. The van der Waals surface area contributed by atoms with Gasteiger partial charge in [-0.05, 0) is 24.0 Å². The Morgan fingerprint density at radius 1 is 0.929 bits per heavy atom. The first-order valence-electron chi connectivity index (χ1n) is 10.2. The Bertz CT molecular complexity index is 678. The maximum atomic E-state index is 3.96. The molecule has 0 saturated carbocycles. The van der Waals surface area contributed by atoms with Gasteiger partial charge in [0.2, 0.25) is 0 Å². The first kappa shape index (κ1) is 29.8. The van der Waals surface area contributed by atoms with Gasteiger partial charge in [0.15, 0.2) is 0 Å². The van der Waals surface area contributed by atoms with Gasteiger partial charge < -0.3 is 14.9 Å². The molecule has 2 rings (SSSR count). The minimum absolute atomic E-state index is 0. The fourth-order valence-electron chi connectivity index (χ4n) is 4.47. The van der Waals surface area contributed by atoms with Crippen LogP contribution in [-0.4, -0.2) is 8.07 Å². The average Bonchev–Trinajstić information content (AvgIpc) is 2.83. The molecule has 0 aromatic heterocycles. The summed E-state index contributed by atoms with van der Waals surface area (Å²) < 4.78 is 0. The normalized spacial score (nSPS) is 20.5. The van der Waals surface area contributed by atoms with E-state index in [1.165, 1.54) is 41.2 Å². The van der Waals surface area contributed by atoms with Gasteiger partial charge >= 0.3 is 21.7 Å². The first-order valence-corrected chi connectivity index (χ1v) is 12.9. The zero-order chi connectivity index (χ0) is 18.8. The van der Waals surface area contributed by atoms with Gasteiger partial charge in [0.25, 0.3) is 0 Å². The van der Waals surface area contributed by atoms with Crippen LogP contribution in [0.5, 0.6) is 0 Å². The molecule has 0 amide bonds. The van der Waals surface area contributed by atoms with Gasteiger partial charge in [-0.1, -0.05) is 95.4 Å². The van der Waals surface area contributed by atoms with Crippen LogP contribution in [0.15, 0.2) is 34.9 Å². The molecule has 2 atom stereocenters. The molecule has 1 aliphatic rings. The van der Waals surface area contributed by atoms with Crippen molar-refractivity contribution in [2.45, 2.75) is 91.8 Å². The van der Waals surface area contributed by atoms with E-state index in [1.807, 2.05) is 0 Å². The molecule has 0 saturated heterocycles. The summed E-state index contributed by atoms with van der Waals surface area (Å²) in [6, 6.07) is 8.82. The summed E-state index contributed by atoms with van der Waals surface area (Å²) in [6.07, 6.45) is 8.81. The van der Waals surface area contributed by atoms with Gasteiger partial charge in [-0.3, -0.25) is 6.08 Å². The van der Waals surface area contributed by atoms with E-state index >= 15 is 0 Å². The maximum Gasteiger partial charge on any atom is 3.00 e. The van der Waals surface area contributed by atoms with Crippen molar-refractivity contribution in [1.82, 2.24) is 0 Å². The van der Waals surface area contributed by atoms with Crippen LogP contribution in [0.25, 0.3) is 0 Å². The van der Waals surface area contributed by atoms with Crippen LogP contribution in [-0.2, 0) is 34.6 Å². The van der Waals surface area contributed by atoms with Gasteiger partial charge in [0, 0.05) is 0 Å². The van der Waals surface area contributed by atoms with E-state index in [9.17, 15) is 0 Å². The molecular weight excluding hydrogens is 388 g/mol. The summed E-state index contributed by atoms with van der Waals surface area (Å²) in [6.45, 7) is 18.9. The minimum Gasteiger partial charge on any atom is -0.358 e.